The van der Waals surface area contributed by atoms with Gasteiger partial charge in [0.15, 0.2) is 11.5 Å². The molecule has 2 aliphatic heterocycles. The highest BCUT2D eigenvalue weighted by atomic mass is 16.5. The van der Waals surface area contributed by atoms with Gasteiger partial charge in [0, 0.05) is 12.2 Å². The molecule has 29 heavy (non-hydrogen) atoms. The molecule has 2 aliphatic rings. The van der Waals surface area contributed by atoms with E-state index in [-0.39, 0.29) is 29.4 Å². The van der Waals surface area contributed by atoms with E-state index in [4.69, 9.17) is 9.47 Å². The molecule has 3 heterocycles. The zero-order chi connectivity index (χ0) is 20.9. The Morgan fingerprint density at radius 3 is 2.34 bits per heavy atom. The topological polar surface area (TPSA) is 108 Å². The molecule has 4 rings (SSSR count). The number of para-hydroxylation sites is 1. The molecule has 1 aromatic carbocycles. The van der Waals surface area contributed by atoms with Crippen molar-refractivity contribution in [2.75, 3.05) is 25.7 Å². The minimum Gasteiger partial charge on any atom is -0.465 e. The van der Waals surface area contributed by atoms with Crippen LogP contribution in [0.15, 0.2) is 30.3 Å². The van der Waals surface area contributed by atoms with Gasteiger partial charge in [-0.25, -0.2) is 9.59 Å². The lowest BCUT2D eigenvalue weighted by Crippen LogP contribution is -2.39. The molecule has 1 saturated heterocycles. The second-order valence-electron chi connectivity index (χ2n) is 7.02. The zero-order valence-corrected chi connectivity index (χ0v) is 16.1. The van der Waals surface area contributed by atoms with E-state index >= 15 is 0 Å². The molecule has 0 bridgehead atoms. The first kappa shape index (κ1) is 18.9. The number of carbonyl (C=O) groups excluding carboxylic acids is 4. The fourth-order valence-electron chi connectivity index (χ4n) is 4.21. The summed E-state index contributed by atoms with van der Waals surface area (Å²) in [4.78, 5) is 52.5. The Labute approximate surface area is 166 Å². The second-order valence-corrected chi connectivity index (χ2v) is 7.02. The van der Waals surface area contributed by atoms with E-state index in [1.807, 2.05) is 18.2 Å². The Morgan fingerprint density at radius 1 is 1.07 bits per heavy atom. The first-order chi connectivity index (χ1) is 13.9. The van der Waals surface area contributed by atoms with E-state index < -0.39 is 35.6 Å². The van der Waals surface area contributed by atoms with Crippen molar-refractivity contribution in [1.29, 1.82) is 0 Å². The minimum absolute atomic E-state index is 0.0197. The predicted octanol–water partition coefficient (Wildman–Crippen LogP) is 1.49. The van der Waals surface area contributed by atoms with Crippen molar-refractivity contribution in [1.82, 2.24) is 9.78 Å². The molecule has 0 spiro atoms. The average Bonchev–Trinajstić information content (AvgIpc) is 3.31. The number of fused-ring (bicyclic) bond motifs is 2. The maximum absolute atomic E-state index is 13.3. The average molecular weight is 397 g/mol. The Bertz CT molecular complexity index is 1030. The monoisotopic (exact) mass is 397 g/mol. The van der Waals surface area contributed by atoms with Gasteiger partial charge < -0.3 is 14.4 Å². The van der Waals surface area contributed by atoms with Gasteiger partial charge in [-0.1, -0.05) is 18.2 Å². The van der Waals surface area contributed by atoms with Crippen LogP contribution in [0.5, 0.6) is 0 Å². The highest BCUT2D eigenvalue weighted by Gasteiger charge is 2.54. The molecule has 2 aromatic rings. The summed E-state index contributed by atoms with van der Waals surface area (Å²) in [7, 11) is 2.31. The Hall–Kier alpha value is -3.49. The summed E-state index contributed by atoms with van der Waals surface area (Å²) in [5.41, 5.74) is 0.170. The summed E-state index contributed by atoms with van der Waals surface area (Å²) in [6.07, 6.45) is 0. The van der Waals surface area contributed by atoms with Gasteiger partial charge in [-0.15, -0.1) is 0 Å². The third-order valence-corrected chi connectivity index (χ3v) is 5.59. The van der Waals surface area contributed by atoms with Crippen molar-refractivity contribution in [2.24, 2.45) is 11.8 Å². The van der Waals surface area contributed by atoms with E-state index in [1.54, 1.807) is 24.0 Å². The van der Waals surface area contributed by atoms with Crippen molar-refractivity contribution in [3.63, 3.8) is 0 Å². The molecule has 9 heteroatoms. The van der Waals surface area contributed by atoms with Crippen LogP contribution < -0.4 is 4.90 Å². The van der Waals surface area contributed by atoms with Gasteiger partial charge in [-0.3, -0.25) is 14.3 Å². The largest absolute Gasteiger partial charge is 0.465 e. The summed E-state index contributed by atoms with van der Waals surface area (Å²) in [6, 6.07) is 8.56. The molecular weight excluding hydrogens is 378 g/mol. The van der Waals surface area contributed by atoms with Crippen molar-refractivity contribution in [2.45, 2.75) is 13.0 Å². The number of carbonyl (C=O) groups is 4. The first-order valence-corrected chi connectivity index (χ1v) is 9.10. The Kier molecular flexibility index (Phi) is 4.45. The third kappa shape index (κ3) is 2.65. The number of hydrogen-bond donors (Lipinski definition) is 0. The van der Waals surface area contributed by atoms with Gasteiger partial charge >= 0.3 is 11.9 Å². The molecule has 150 valence electrons. The van der Waals surface area contributed by atoms with E-state index in [0.29, 0.717) is 5.69 Å². The molecule has 0 radical (unpaired) electrons. The van der Waals surface area contributed by atoms with Crippen LogP contribution in [0.4, 0.5) is 5.69 Å². The number of anilines is 1. The second kappa shape index (κ2) is 6.84. The molecule has 3 atom stereocenters. The van der Waals surface area contributed by atoms with E-state index in [0.717, 1.165) is 14.2 Å². The molecular formula is C20H19N3O6. The molecule has 9 nitrogen and oxygen atoms in total. The van der Waals surface area contributed by atoms with Crippen LogP contribution in [0.25, 0.3) is 0 Å². The molecule has 1 fully saturated rings. The number of amides is 1. The number of aromatic nitrogens is 2. The van der Waals surface area contributed by atoms with Gasteiger partial charge in [0.1, 0.15) is 11.3 Å². The fraction of sp³-hybridized carbons (Fsp3) is 0.350. The lowest BCUT2D eigenvalue weighted by atomic mass is 9.81. The van der Waals surface area contributed by atoms with Crippen molar-refractivity contribution < 1.29 is 28.7 Å². The highest BCUT2D eigenvalue weighted by molar-refractivity contribution is 6.14. The van der Waals surface area contributed by atoms with Gasteiger partial charge in [-0.05, 0) is 19.1 Å². The SMILES string of the molecule is COC(=O)c1nn2c(c1C(=O)OC)C(=O)[C@@H]1CN(c3ccccc3)C(=O)[C@@H]1[C@H]2C. The van der Waals surface area contributed by atoms with Crippen LogP contribution in [0.2, 0.25) is 0 Å². The summed E-state index contributed by atoms with van der Waals surface area (Å²) in [5, 5.41) is 4.16. The van der Waals surface area contributed by atoms with Gasteiger partial charge in [0.25, 0.3) is 0 Å². The van der Waals surface area contributed by atoms with Gasteiger partial charge in [-0.2, -0.15) is 5.10 Å². The summed E-state index contributed by atoms with van der Waals surface area (Å²) in [5.74, 6) is -3.61. The number of benzene rings is 1. The van der Waals surface area contributed by atoms with Crippen LogP contribution in [0.1, 0.15) is 44.3 Å². The molecule has 1 amide bonds. The van der Waals surface area contributed by atoms with Crippen LogP contribution in [0.3, 0.4) is 0 Å². The van der Waals surface area contributed by atoms with Crippen LogP contribution in [-0.4, -0.2) is 54.2 Å². The zero-order valence-electron chi connectivity index (χ0n) is 16.1. The molecule has 0 saturated carbocycles. The first-order valence-electron chi connectivity index (χ1n) is 9.10. The molecule has 0 unspecified atom stereocenters. The molecule has 0 N–H and O–H groups in total. The number of Topliss-reactive ketones (excluding diaryl/α,β-unsaturated/α-hetero) is 1. The van der Waals surface area contributed by atoms with E-state index in [2.05, 4.69) is 5.10 Å². The molecule has 1 aromatic heterocycles. The van der Waals surface area contributed by atoms with E-state index in [1.165, 1.54) is 4.68 Å². The maximum Gasteiger partial charge on any atom is 0.359 e. The van der Waals surface area contributed by atoms with E-state index in [9.17, 15) is 19.2 Å². The fourth-order valence-corrected chi connectivity index (χ4v) is 4.21. The third-order valence-electron chi connectivity index (χ3n) is 5.59. The smallest absolute Gasteiger partial charge is 0.359 e. The van der Waals surface area contributed by atoms with Crippen molar-refractivity contribution >= 4 is 29.3 Å². The lowest BCUT2D eigenvalue weighted by Gasteiger charge is -2.29. The number of rotatable bonds is 3. The van der Waals surface area contributed by atoms with Gasteiger partial charge in [0.2, 0.25) is 5.91 Å². The Morgan fingerprint density at radius 2 is 1.72 bits per heavy atom. The number of hydrogen-bond acceptors (Lipinski definition) is 7. The van der Waals surface area contributed by atoms with Crippen molar-refractivity contribution in [3.05, 3.63) is 47.3 Å². The standard InChI is InChI=1S/C20H19N3O6/c1-10-13-12(9-22(18(13)25)11-7-5-4-6-8-11)17(24)16-14(19(26)28-2)15(20(27)29-3)21-23(10)16/h4-8,10,12-13H,9H2,1-3H3/t10-,12-,13-/m1/s1. The maximum atomic E-state index is 13.3. The quantitative estimate of drug-likeness (QED) is 0.722. The predicted molar refractivity (Wildman–Crippen MR) is 99.7 cm³/mol. The summed E-state index contributed by atoms with van der Waals surface area (Å²) < 4.78 is 10.8. The number of ether oxygens (including phenoxy) is 2. The number of nitrogens with zero attached hydrogens (tertiary/aromatic N) is 3. The minimum atomic E-state index is -0.852. The lowest BCUT2D eigenvalue weighted by molar-refractivity contribution is -0.122. The van der Waals surface area contributed by atoms with Crippen molar-refractivity contribution in [3.8, 4) is 0 Å². The van der Waals surface area contributed by atoms with Gasteiger partial charge in [0.05, 0.1) is 32.1 Å². The number of methoxy groups -OCH3 is 2. The van der Waals surface area contributed by atoms with Crippen LogP contribution in [0, 0.1) is 11.8 Å². The normalized spacial score (nSPS) is 22.9. The summed E-state index contributed by atoms with van der Waals surface area (Å²) in [6.45, 7) is 1.94. The number of esters is 2. The van der Waals surface area contributed by atoms with Crippen LogP contribution in [-0.2, 0) is 14.3 Å². The highest BCUT2D eigenvalue weighted by Crippen LogP contribution is 2.43. The Balaban J connectivity index is 1.82. The summed E-state index contributed by atoms with van der Waals surface area (Å²) >= 11 is 0. The number of ketones is 1. The molecule has 0 aliphatic carbocycles. The van der Waals surface area contributed by atoms with Crippen LogP contribution >= 0.6 is 0 Å².